The summed E-state index contributed by atoms with van der Waals surface area (Å²) >= 11 is 0. The Bertz CT molecular complexity index is 3390. The molecule has 0 bridgehead atoms. The summed E-state index contributed by atoms with van der Waals surface area (Å²) in [4.78, 5) is 97.2. The predicted molar refractivity (Wildman–Crippen MR) is 321 cm³/mol. The standard InChI is InChI=1S/C62H78N14O13/c1-37-55(38(2)71-70-37)39-14-17-43(18-15-39)67-60(83)57(56(40-10-11-40)41-12-13-41)69-59(82)50-21-23-66-76(50)30-45(77)28-64-51(78)33-75-29-44(72-73-75)34-86-36-54(80)74-31-48(32-74)87-25-24-63-52(79)35-88-46-8-7-9-47(26-46)89-53-19-16-42(27-65-53)58(81)68-49(61(84)85-6)20-22-62(3,4)5/h7-9,14-19,21,23,26-27,29,40-41,45,48-49,56-57,77H,10-13,20,22,24-25,28,30-36H2,1-6H3,(H,63,79)(H,64,78)(H,67,83)(H,68,81)(H,69,82)(H,70,71). The molecule has 3 unspecified atom stereocenters. The minimum absolute atomic E-state index is 0.0135. The number of aromatic amines is 1. The van der Waals surface area contributed by atoms with Crippen LogP contribution >= 0.6 is 0 Å². The number of aromatic nitrogens is 8. The quantitative estimate of drug-likeness (QED) is 0.0231. The highest BCUT2D eigenvalue weighted by Crippen LogP contribution is 2.51. The highest BCUT2D eigenvalue weighted by molar-refractivity contribution is 6.01. The average Bonchev–Trinajstić information content (AvgIpc) is 2.15. The maximum Gasteiger partial charge on any atom is 0.328 e. The van der Waals surface area contributed by atoms with E-state index in [0.29, 0.717) is 60.6 Å². The fourth-order valence-electron chi connectivity index (χ4n) is 10.4. The molecule has 7 N–H and O–H groups in total. The van der Waals surface area contributed by atoms with Crippen molar-refractivity contribution in [2.45, 2.75) is 117 Å². The van der Waals surface area contributed by atoms with E-state index in [1.54, 1.807) is 29.2 Å². The van der Waals surface area contributed by atoms with Crippen LogP contribution in [-0.2, 0) is 57.9 Å². The molecule has 5 heterocycles. The van der Waals surface area contributed by atoms with Crippen molar-refractivity contribution in [2.24, 2.45) is 23.2 Å². The number of benzene rings is 2. The number of esters is 1. The molecule has 27 heteroatoms. The maximum atomic E-state index is 14.1. The minimum Gasteiger partial charge on any atom is -0.484 e. The largest absolute Gasteiger partial charge is 0.484 e. The van der Waals surface area contributed by atoms with Crippen LogP contribution in [0.2, 0.25) is 0 Å². The molecular formula is C62H78N14O13. The van der Waals surface area contributed by atoms with E-state index in [1.165, 1.54) is 53.3 Å². The third-order valence-electron chi connectivity index (χ3n) is 15.4. The summed E-state index contributed by atoms with van der Waals surface area (Å²) in [5, 5.41) is 44.7. The molecule has 27 nitrogen and oxygen atoms in total. The van der Waals surface area contributed by atoms with Crippen LogP contribution in [0.1, 0.15) is 97.2 Å². The number of ether oxygens (including phenoxy) is 5. The summed E-state index contributed by atoms with van der Waals surface area (Å²) in [5.41, 5.74) is 5.17. The van der Waals surface area contributed by atoms with Crippen LogP contribution in [0.15, 0.2) is 85.3 Å². The Morgan fingerprint density at radius 3 is 2.30 bits per heavy atom. The van der Waals surface area contributed by atoms with Crippen LogP contribution < -0.4 is 36.1 Å². The summed E-state index contributed by atoms with van der Waals surface area (Å²) in [5.74, 6) is -1.23. The SMILES string of the molecule is COC(=O)C(CCC(C)(C)C)NC(=O)c1ccc(Oc2cccc(OCC(=O)NCCOC3CN(C(=O)COCc4cn(CC(=O)NCC(O)Cn5nccc5C(=O)NC(C(=O)Nc5ccc(-c6c(C)n[nH]c6C)cc5)C(C5CC5)C5CC5)nn4)C3)c2)nc1. The Labute approximate surface area is 514 Å². The molecule has 2 aliphatic carbocycles. The molecule has 2 aromatic carbocycles. The van der Waals surface area contributed by atoms with Gasteiger partial charge in [0.25, 0.3) is 17.7 Å². The fraction of sp³-hybridized carbons (Fsp3) is 0.484. The fourth-order valence-corrected chi connectivity index (χ4v) is 10.4. The Hall–Kier alpha value is -9.08. The molecule has 3 aliphatic rings. The van der Waals surface area contributed by atoms with Gasteiger partial charge in [-0.1, -0.05) is 44.2 Å². The average molecular weight is 1230 g/mol. The monoisotopic (exact) mass is 1230 g/mol. The number of pyridine rings is 1. The van der Waals surface area contributed by atoms with Crippen molar-refractivity contribution >= 4 is 47.1 Å². The van der Waals surface area contributed by atoms with E-state index < -0.39 is 41.9 Å². The number of hydrogen-bond donors (Lipinski definition) is 7. The van der Waals surface area contributed by atoms with Crippen molar-refractivity contribution in [1.29, 1.82) is 0 Å². The summed E-state index contributed by atoms with van der Waals surface area (Å²) in [6.07, 6.45) is 8.10. The van der Waals surface area contributed by atoms with Crippen molar-refractivity contribution in [3.05, 3.63) is 114 Å². The zero-order valence-electron chi connectivity index (χ0n) is 50.9. The third kappa shape index (κ3) is 18.7. The molecule has 1 aliphatic heterocycles. The number of nitrogens with one attached hydrogen (secondary N) is 6. The van der Waals surface area contributed by atoms with Gasteiger partial charge in [-0.3, -0.25) is 38.5 Å². The number of rotatable bonds is 32. The second-order valence-electron chi connectivity index (χ2n) is 23.9. The van der Waals surface area contributed by atoms with E-state index in [0.717, 1.165) is 48.2 Å². The van der Waals surface area contributed by atoms with Crippen LogP contribution in [0.4, 0.5) is 5.69 Å². The van der Waals surface area contributed by atoms with Crippen molar-refractivity contribution in [3.63, 3.8) is 0 Å². The third-order valence-corrected chi connectivity index (χ3v) is 15.4. The van der Waals surface area contributed by atoms with E-state index in [9.17, 15) is 38.7 Å². The first kappa shape index (κ1) is 64.4. The lowest BCUT2D eigenvalue weighted by molar-refractivity contribution is -0.150. The van der Waals surface area contributed by atoms with Gasteiger partial charge in [0.15, 0.2) is 6.61 Å². The van der Waals surface area contributed by atoms with Gasteiger partial charge in [0, 0.05) is 67.7 Å². The molecule has 6 aromatic rings. The van der Waals surface area contributed by atoms with E-state index in [4.69, 9.17) is 23.7 Å². The highest BCUT2D eigenvalue weighted by Gasteiger charge is 2.48. The topological polar surface area (TPSA) is 339 Å². The number of likely N-dealkylation sites (tertiary alicyclic amines) is 1. The molecular weight excluding hydrogens is 1150 g/mol. The molecule has 89 heavy (non-hydrogen) atoms. The number of hydrogen-bond acceptors (Lipinski definition) is 18. The lowest BCUT2D eigenvalue weighted by Crippen LogP contribution is -2.56. The van der Waals surface area contributed by atoms with E-state index in [-0.39, 0.29) is 105 Å². The second-order valence-corrected chi connectivity index (χ2v) is 23.9. The van der Waals surface area contributed by atoms with Crippen molar-refractivity contribution in [3.8, 4) is 28.5 Å². The number of anilines is 1. The second kappa shape index (κ2) is 29.7. The number of aryl methyl sites for hydroxylation is 2. The zero-order chi connectivity index (χ0) is 63.2. The van der Waals surface area contributed by atoms with E-state index in [2.05, 4.69) is 57.2 Å². The van der Waals surface area contributed by atoms with Gasteiger partial charge in [0.2, 0.25) is 23.6 Å². The lowest BCUT2D eigenvalue weighted by atomic mass is 9.88. The smallest absolute Gasteiger partial charge is 0.328 e. The number of carbonyl (C=O) groups is 7. The van der Waals surface area contributed by atoms with E-state index >= 15 is 0 Å². The summed E-state index contributed by atoms with van der Waals surface area (Å²) in [7, 11) is 1.28. The van der Waals surface area contributed by atoms with Crippen LogP contribution in [0.25, 0.3) is 11.1 Å². The van der Waals surface area contributed by atoms with Crippen LogP contribution in [-0.4, -0.2) is 169 Å². The summed E-state index contributed by atoms with van der Waals surface area (Å²) in [6.45, 7) is 10.2. The Morgan fingerprint density at radius 2 is 1.62 bits per heavy atom. The van der Waals surface area contributed by atoms with Crippen LogP contribution in [0.3, 0.4) is 0 Å². The molecule has 0 radical (unpaired) electrons. The highest BCUT2D eigenvalue weighted by atomic mass is 16.5. The molecule has 2 saturated carbocycles. The first-order chi connectivity index (χ1) is 42.7. The number of methoxy groups -OCH3 is 1. The Balaban J connectivity index is 0.618. The first-order valence-electron chi connectivity index (χ1n) is 29.8. The Morgan fingerprint density at radius 1 is 0.865 bits per heavy atom. The van der Waals surface area contributed by atoms with Crippen LogP contribution in [0.5, 0.6) is 17.4 Å². The minimum atomic E-state index is -1.12. The molecule has 6 amide bonds. The van der Waals surface area contributed by atoms with Crippen molar-refractivity contribution < 1.29 is 62.4 Å². The van der Waals surface area contributed by atoms with Gasteiger partial charge in [0.05, 0.1) is 56.5 Å². The molecule has 0 spiro atoms. The Kier molecular flexibility index (Phi) is 21.5. The number of carbonyl (C=O) groups excluding carboxylic acids is 7. The first-order valence-corrected chi connectivity index (χ1v) is 29.8. The zero-order valence-corrected chi connectivity index (χ0v) is 50.9. The van der Waals surface area contributed by atoms with Gasteiger partial charge in [-0.05, 0) is 118 Å². The molecule has 474 valence electrons. The normalized spacial score (nSPS) is 15.1. The molecule has 3 fully saturated rings. The van der Waals surface area contributed by atoms with Gasteiger partial charge < -0.3 is 60.3 Å². The molecule has 9 rings (SSSR count). The predicted octanol–water partition coefficient (Wildman–Crippen LogP) is 4.06. The molecule has 4 aromatic heterocycles. The van der Waals surface area contributed by atoms with Gasteiger partial charge >= 0.3 is 5.97 Å². The number of nitrogens with zero attached hydrogens (tertiary/aromatic N) is 8. The van der Waals surface area contributed by atoms with Gasteiger partial charge in [0.1, 0.15) is 48.1 Å². The van der Waals surface area contributed by atoms with Crippen LogP contribution in [0, 0.1) is 37.0 Å². The number of H-pyrrole nitrogens is 1. The van der Waals surface area contributed by atoms with Gasteiger partial charge in [-0.2, -0.15) is 10.2 Å². The van der Waals surface area contributed by atoms with Gasteiger partial charge in [-0.15, -0.1) is 5.10 Å². The summed E-state index contributed by atoms with van der Waals surface area (Å²) in [6, 6.07) is 17.2. The number of aliphatic hydroxyl groups excluding tert-OH is 1. The molecule has 3 atom stereocenters. The molecule has 1 saturated heterocycles. The summed E-state index contributed by atoms with van der Waals surface area (Å²) < 4.78 is 30.4. The number of amides is 6. The van der Waals surface area contributed by atoms with Gasteiger partial charge in [-0.25, -0.2) is 14.5 Å². The van der Waals surface area contributed by atoms with Crippen molar-refractivity contribution in [1.82, 2.24) is 66.1 Å². The van der Waals surface area contributed by atoms with E-state index in [1.807, 2.05) is 58.9 Å². The lowest BCUT2D eigenvalue weighted by Gasteiger charge is -2.38. The maximum absolute atomic E-state index is 14.1. The number of aliphatic hydroxyl groups is 1. The van der Waals surface area contributed by atoms with Crippen molar-refractivity contribution in [2.75, 3.05) is 58.4 Å².